The van der Waals surface area contributed by atoms with Crippen molar-refractivity contribution in [2.24, 2.45) is 0 Å². The third-order valence-electron chi connectivity index (χ3n) is 2.66. The van der Waals surface area contributed by atoms with E-state index in [0.717, 1.165) is 0 Å². The van der Waals surface area contributed by atoms with Crippen molar-refractivity contribution in [1.29, 1.82) is 0 Å². The van der Waals surface area contributed by atoms with E-state index in [9.17, 15) is 14.7 Å². The van der Waals surface area contributed by atoms with Gasteiger partial charge in [-0.2, -0.15) is 0 Å². The van der Waals surface area contributed by atoms with Crippen molar-refractivity contribution in [1.82, 2.24) is 0 Å². The number of carbonyl (C=O) groups is 2. The van der Waals surface area contributed by atoms with Gasteiger partial charge in [0.2, 0.25) is 0 Å². The fourth-order valence-corrected chi connectivity index (χ4v) is 1.96. The quantitative estimate of drug-likeness (QED) is 0.496. The topological polar surface area (TPSA) is 82.1 Å². The molecule has 90 valence electrons. The van der Waals surface area contributed by atoms with Crippen LogP contribution in [0.15, 0.2) is 0 Å². The maximum Gasteiger partial charge on any atom is 0.313 e. The van der Waals surface area contributed by atoms with Crippen LogP contribution in [0.4, 0.5) is 0 Å². The third-order valence-corrected chi connectivity index (χ3v) is 2.66. The van der Waals surface area contributed by atoms with E-state index >= 15 is 0 Å². The molecule has 6 nitrogen and oxygen atoms in total. The van der Waals surface area contributed by atoms with Gasteiger partial charge in [0.15, 0.2) is 6.10 Å². The van der Waals surface area contributed by atoms with E-state index in [4.69, 9.17) is 14.2 Å². The number of rotatable bonds is 3. The van der Waals surface area contributed by atoms with Crippen molar-refractivity contribution in [3.05, 3.63) is 0 Å². The molecular weight excluding hydrogens is 216 g/mol. The third kappa shape index (κ3) is 2.23. The molecule has 4 atom stereocenters. The molecule has 0 aromatic rings. The summed E-state index contributed by atoms with van der Waals surface area (Å²) in [4.78, 5) is 22.0. The van der Waals surface area contributed by atoms with Gasteiger partial charge in [0.05, 0.1) is 13.2 Å². The summed E-state index contributed by atoms with van der Waals surface area (Å²) in [6.45, 7) is 1.72. The van der Waals surface area contributed by atoms with Crippen LogP contribution in [0, 0.1) is 0 Å². The standard InChI is InChI=1S/C10H14O6/c1-5(11)2-8(13)16-7-4-15-9-6(12)3-14-10(7)9/h6-7,9-10,12H,2-4H2,1H3/t6-,7+,9-,10-/m1/s1. The van der Waals surface area contributed by atoms with E-state index in [0.29, 0.717) is 0 Å². The Bertz CT molecular complexity index is 302. The van der Waals surface area contributed by atoms with Crippen molar-refractivity contribution < 1.29 is 28.9 Å². The molecule has 0 bridgehead atoms. The van der Waals surface area contributed by atoms with E-state index in [-0.39, 0.29) is 25.4 Å². The zero-order valence-corrected chi connectivity index (χ0v) is 8.92. The molecule has 2 aliphatic heterocycles. The molecule has 0 spiro atoms. The van der Waals surface area contributed by atoms with Crippen LogP contribution in [0.1, 0.15) is 13.3 Å². The van der Waals surface area contributed by atoms with Crippen LogP contribution >= 0.6 is 0 Å². The number of hydrogen-bond donors (Lipinski definition) is 1. The lowest BCUT2D eigenvalue weighted by Crippen LogP contribution is -2.34. The van der Waals surface area contributed by atoms with Gasteiger partial charge in [-0.25, -0.2) is 0 Å². The molecule has 2 heterocycles. The van der Waals surface area contributed by atoms with Crippen molar-refractivity contribution in [2.75, 3.05) is 13.2 Å². The second-order valence-electron chi connectivity index (χ2n) is 4.07. The number of ether oxygens (including phenoxy) is 3. The highest BCUT2D eigenvalue weighted by Gasteiger charge is 2.48. The first-order chi connectivity index (χ1) is 7.58. The smallest absolute Gasteiger partial charge is 0.313 e. The Morgan fingerprint density at radius 1 is 1.31 bits per heavy atom. The monoisotopic (exact) mass is 230 g/mol. The Morgan fingerprint density at radius 2 is 2.00 bits per heavy atom. The fourth-order valence-electron chi connectivity index (χ4n) is 1.96. The van der Waals surface area contributed by atoms with Crippen LogP contribution < -0.4 is 0 Å². The van der Waals surface area contributed by atoms with Gasteiger partial charge in [-0.05, 0) is 6.92 Å². The minimum Gasteiger partial charge on any atom is -0.457 e. The molecule has 0 radical (unpaired) electrons. The molecule has 0 amide bonds. The summed E-state index contributed by atoms with van der Waals surface area (Å²) in [5.74, 6) is -0.820. The summed E-state index contributed by atoms with van der Waals surface area (Å²) in [5, 5.41) is 9.45. The molecule has 2 saturated heterocycles. The van der Waals surface area contributed by atoms with Crippen LogP contribution in [0.2, 0.25) is 0 Å². The van der Waals surface area contributed by atoms with Crippen LogP contribution in [0.25, 0.3) is 0 Å². The van der Waals surface area contributed by atoms with Gasteiger partial charge in [0.25, 0.3) is 0 Å². The van der Waals surface area contributed by atoms with Gasteiger partial charge in [0.1, 0.15) is 30.5 Å². The van der Waals surface area contributed by atoms with Crippen molar-refractivity contribution >= 4 is 11.8 Å². The van der Waals surface area contributed by atoms with Crippen LogP contribution in [-0.2, 0) is 23.8 Å². The molecule has 2 rings (SSSR count). The Morgan fingerprint density at radius 3 is 2.69 bits per heavy atom. The van der Waals surface area contributed by atoms with E-state index < -0.39 is 30.4 Å². The molecule has 0 aromatic carbocycles. The highest BCUT2D eigenvalue weighted by molar-refractivity contribution is 5.94. The molecule has 0 unspecified atom stereocenters. The first-order valence-corrected chi connectivity index (χ1v) is 5.18. The molecule has 0 saturated carbocycles. The predicted molar refractivity (Wildman–Crippen MR) is 50.7 cm³/mol. The first-order valence-electron chi connectivity index (χ1n) is 5.18. The maximum atomic E-state index is 11.3. The predicted octanol–water partition coefficient (Wildman–Crippen LogP) is -0.964. The van der Waals surface area contributed by atoms with Gasteiger partial charge in [-0.3, -0.25) is 9.59 Å². The number of fused-ring (bicyclic) bond motifs is 1. The number of hydrogen-bond acceptors (Lipinski definition) is 6. The summed E-state index contributed by atoms with van der Waals surface area (Å²) in [7, 11) is 0. The van der Waals surface area contributed by atoms with Crippen molar-refractivity contribution in [3.63, 3.8) is 0 Å². The van der Waals surface area contributed by atoms with Gasteiger partial charge in [-0.1, -0.05) is 0 Å². The number of ketones is 1. The van der Waals surface area contributed by atoms with E-state index in [1.807, 2.05) is 0 Å². The lowest BCUT2D eigenvalue weighted by molar-refractivity contribution is -0.155. The van der Waals surface area contributed by atoms with Crippen molar-refractivity contribution in [3.8, 4) is 0 Å². The van der Waals surface area contributed by atoms with Gasteiger partial charge in [-0.15, -0.1) is 0 Å². The number of carbonyl (C=O) groups excluding carboxylic acids is 2. The van der Waals surface area contributed by atoms with Gasteiger partial charge >= 0.3 is 5.97 Å². The lowest BCUT2D eigenvalue weighted by atomic mass is 10.1. The molecule has 1 N–H and O–H groups in total. The van der Waals surface area contributed by atoms with Gasteiger partial charge in [0, 0.05) is 0 Å². The molecular formula is C10H14O6. The molecule has 0 aliphatic carbocycles. The number of aliphatic hydroxyl groups is 1. The Kier molecular flexibility index (Phi) is 3.22. The van der Waals surface area contributed by atoms with E-state index in [1.54, 1.807) is 0 Å². The normalized spacial score (nSPS) is 37.1. The summed E-state index contributed by atoms with van der Waals surface area (Å²) >= 11 is 0. The average molecular weight is 230 g/mol. The second-order valence-corrected chi connectivity index (χ2v) is 4.07. The number of aliphatic hydroxyl groups excluding tert-OH is 1. The summed E-state index contributed by atoms with van der Waals surface area (Å²) in [6.07, 6.45) is -2.26. The van der Waals surface area contributed by atoms with E-state index in [1.165, 1.54) is 6.92 Å². The van der Waals surface area contributed by atoms with Crippen LogP contribution in [-0.4, -0.2) is 54.5 Å². The fraction of sp³-hybridized carbons (Fsp3) is 0.800. The summed E-state index contributed by atoms with van der Waals surface area (Å²) in [5.41, 5.74) is 0. The Labute approximate surface area is 92.5 Å². The highest BCUT2D eigenvalue weighted by Crippen LogP contribution is 2.28. The molecule has 2 aliphatic rings. The molecule has 16 heavy (non-hydrogen) atoms. The minimum atomic E-state index is -0.665. The summed E-state index contributed by atoms with van der Waals surface area (Å²) < 4.78 is 15.6. The SMILES string of the molecule is CC(=O)CC(=O)O[C@H]1CO[C@H]2[C@@H]1OC[C@H]2O. The van der Waals surface area contributed by atoms with Gasteiger partial charge < -0.3 is 19.3 Å². The Hall–Kier alpha value is -0.980. The average Bonchev–Trinajstić information content (AvgIpc) is 2.70. The lowest BCUT2D eigenvalue weighted by Gasteiger charge is -2.15. The maximum absolute atomic E-state index is 11.3. The highest BCUT2D eigenvalue weighted by atomic mass is 16.6. The number of Topliss-reactive ketones (excluding diaryl/α,β-unsaturated/α-hetero) is 1. The van der Waals surface area contributed by atoms with E-state index in [2.05, 4.69) is 0 Å². The number of esters is 1. The zero-order chi connectivity index (χ0) is 11.7. The second kappa shape index (κ2) is 4.48. The first kappa shape index (κ1) is 11.5. The van der Waals surface area contributed by atoms with Crippen molar-refractivity contribution in [2.45, 2.75) is 37.8 Å². The van der Waals surface area contributed by atoms with Crippen LogP contribution in [0.5, 0.6) is 0 Å². The molecule has 0 aromatic heterocycles. The zero-order valence-electron chi connectivity index (χ0n) is 8.92. The molecule has 2 fully saturated rings. The molecule has 6 heteroatoms. The summed E-state index contributed by atoms with van der Waals surface area (Å²) in [6, 6.07) is 0. The Balaban J connectivity index is 1.87. The minimum absolute atomic E-state index is 0.191. The van der Waals surface area contributed by atoms with Crippen LogP contribution in [0.3, 0.4) is 0 Å². The largest absolute Gasteiger partial charge is 0.457 e.